The van der Waals surface area contributed by atoms with Crippen LogP contribution in [0.2, 0.25) is 0 Å². The van der Waals surface area contributed by atoms with Crippen LogP contribution in [0.1, 0.15) is 49.3 Å². The molecule has 0 radical (unpaired) electrons. The summed E-state index contributed by atoms with van der Waals surface area (Å²) in [5, 5.41) is 25.7. The van der Waals surface area contributed by atoms with Gasteiger partial charge in [-0.3, -0.25) is 9.59 Å². The van der Waals surface area contributed by atoms with Gasteiger partial charge in [0.15, 0.2) is 0 Å². The van der Waals surface area contributed by atoms with Gasteiger partial charge in [-0.1, -0.05) is 31.2 Å². The van der Waals surface area contributed by atoms with Gasteiger partial charge in [0.2, 0.25) is 5.91 Å². The first-order valence-electron chi connectivity index (χ1n) is 11.2. The second-order valence-corrected chi connectivity index (χ2v) is 8.63. The van der Waals surface area contributed by atoms with E-state index < -0.39 is 35.7 Å². The number of hydrogen-bond acceptors (Lipinski definition) is 4. The van der Waals surface area contributed by atoms with Gasteiger partial charge in [-0.2, -0.15) is 0 Å². The van der Waals surface area contributed by atoms with Crippen LogP contribution < -0.4 is 10.6 Å². The minimum Gasteiger partial charge on any atom is -0.481 e. The van der Waals surface area contributed by atoms with Crippen LogP contribution in [0.5, 0.6) is 0 Å². The fraction of sp³-hybridized carbons (Fsp3) is 0.440. The summed E-state index contributed by atoms with van der Waals surface area (Å²) in [6.45, 7) is 2.24. The van der Waals surface area contributed by atoms with Gasteiger partial charge in [-0.25, -0.2) is 8.78 Å². The molecule has 1 amide bonds. The van der Waals surface area contributed by atoms with Gasteiger partial charge in [0.1, 0.15) is 11.6 Å². The molecule has 2 aromatic carbocycles. The molecule has 33 heavy (non-hydrogen) atoms. The van der Waals surface area contributed by atoms with Crippen molar-refractivity contribution in [2.24, 2.45) is 0 Å². The lowest BCUT2D eigenvalue weighted by Crippen LogP contribution is -2.50. The van der Waals surface area contributed by atoms with E-state index in [2.05, 4.69) is 29.7 Å². The number of nitrogens with one attached hydrogen (secondary N) is 2. The van der Waals surface area contributed by atoms with Crippen LogP contribution in [0.4, 0.5) is 8.78 Å². The lowest BCUT2D eigenvalue weighted by Gasteiger charge is -2.27. The van der Waals surface area contributed by atoms with Gasteiger partial charge < -0.3 is 20.8 Å². The second-order valence-electron chi connectivity index (χ2n) is 8.63. The molecule has 8 heteroatoms. The summed E-state index contributed by atoms with van der Waals surface area (Å²) in [6.07, 6.45) is 1.08. The quantitative estimate of drug-likeness (QED) is 0.390. The Morgan fingerprint density at radius 2 is 1.76 bits per heavy atom. The molecule has 1 aliphatic carbocycles. The maximum Gasteiger partial charge on any atom is 0.303 e. The number of aryl methyl sites for hydroxylation is 1. The summed E-state index contributed by atoms with van der Waals surface area (Å²) in [6, 6.07) is 10.5. The topological polar surface area (TPSA) is 98.7 Å². The first-order chi connectivity index (χ1) is 15.7. The summed E-state index contributed by atoms with van der Waals surface area (Å²) < 4.78 is 27.3. The molecule has 0 saturated heterocycles. The third-order valence-electron chi connectivity index (χ3n) is 6.04. The van der Waals surface area contributed by atoms with E-state index in [1.54, 1.807) is 0 Å². The number of hydrogen-bond donors (Lipinski definition) is 4. The smallest absolute Gasteiger partial charge is 0.303 e. The molecule has 0 heterocycles. The SMILES string of the molecule is CCc1cccc(C2(NC[C@H](O)[C@H](Cc3cc(F)cc(F)c3)NC(=O)CCC(=O)O)CC2)c1. The van der Waals surface area contributed by atoms with Crippen LogP contribution in [0.3, 0.4) is 0 Å². The second kappa shape index (κ2) is 10.9. The highest BCUT2D eigenvalue weighted by atomic mass is 19.1. The molecule has 3 rings (SSSR count). The van der Waals surface area contributed by atoms with Crippen molar-refractivity contribution in [3.05, 3.63) is 70.8 Å². The Morgan fingerprint density at radius 1 is 1.06 bits per heavy atom. The van der Waals surface area contributed by atoms with Crippen molar-refractivity contribution in [3.8, 4) is 0 Å². The number of carbonyl (C=O) groups is 2. The first-order valence-corrected chi connectivity index (χ1v) is 11.2. The van der Waals surface area contributed by atoms with Crippen molar-refractivity contribution in [2.75, 3.05) is 6.54 Å². The molecule has 1 fully saturated rings. The van der Waals surface area contributed by atoms with E-state index in [0.717, 1.165) is 43.0 Å². The van der Waals surface area contributed by atoms with Crippen LogP contribution in [0.15, 0.2) is 42.5 Å². The number of amides is 1. The Kier molecular flexibility index (Phi) is 8.15. The Balaban J connectivity index is 1.70. The third-order valence-corrected chi connectivity index (χ3v) is 6.04. The number of aliphatic carboxylic acids is 1. The van der Waals surface area contributed by atoms with Crippen LogP contribution in [0.25, 0.3) is 0 Å². The van der Waals surface area contributed by atoms with Crippen LogP contribution in [0, 0.1) is 11.6 Å². The van der Waals surface area contributed by atoms with Crippen molar-refractivity contribution in [1.82, 2.24) is 10.6 Å². The van der Waals surface area contributed by atoms with Gasteiger partial charge in [0.05, 0.1) is 18.6 Å². The molecule has 0 aromatic heterocycles. The fourth-order valence-corrected chi connectivity index (χ4v) is 3.99. The standard InChI is InChI=1S/C25H30F2N2O4/c1-2-16-4-3-5-18(10-16)25(8-9-25)28-15-22(30)21(29-23(31)6-7-24(32)33)13-17-11-19(26)14-20(27)12-17/h3-5,10-12,14,21-22,28,30H,2,6-9,13,15H2,1H3,(H,29,31)(H,32,33)/t21-,22-/m0/s1. The highest BCUT2D eigenvalue weighted by Crippen LogP contribution is 2.45. The summed E-state index contributed by atoms with van der Waals surface area (Å²) in [5.41, 5.74) is 2.41. The van der Waals surface area contributed by atoms with E-state index in [9.17, 15) is 23.5 Å². The van der Waals surface area contributed by atoms with Crippen LogP contribution in [-0.2, 0) is 28.0 Å². The molecule has 1 aliphatic rings. The number of halogens is 2. The van der Waals surface area contributed by atoms with E-state index >= 15 is 0 Å². The minimum absolute atomic E-state index is 0.00530. The number of carboxylic acid groups (broad SMARTS) is 1. The van der Waals surface area contributed by atoms with E-state index in [-0.39, 0.29) is 36.9 Å². The molecule has 1 saturated carbocycles. The number of aliphatic hydroxyl groups is 1. The summed E-state index contributed by atoms with van der Waals surface area (Å²) in [4.78, 5) is 23.0. The van der Waals surface area contributed by atoms with Gasteiger partial charge in [-0.15, -0.1) is 0 Å². The largest absolute Gasteiger partial charge is 0.481 e. The molecule has 4 N–H and O–H groups in total. The van der Waals surface area contributed by atoms with E-state index in [1.165, 1.54) is 5.56 Å². The van der Waals surface area contributed by atoms with Gasteiger partial charge >= 0.3 is 5.97 Å². The van der Waals surface area contributed by atoms with E-state index in [1.807, 2.05) is 12.1 Å². The van der Waals surface area contributed by atoms with Gasteiger partial charge in [-0.05, 0) is 54.5 Å². The lowest BCUT2D eigenvalue weighted by molar-refractivity contribution is -0.139. The zero-order valence-corrected chi connectivity index (χ0v) is 18.6. The monoisotopic (exact) mass is 460 g/mol. The molecule has 0 unspecified atom stereocenters. The molecule has 2 aromatic rings. The number of aliphatic hydroxyl groups excluding tert-OH is 1. The fourth-order valence-electron chi connectivity index (χ4n) is 3.99. The number of rotatable bonds is 12. The third kappa shape index (κ3) is 7.07. The normalized spacial score (nSPS) is 16.1. The van der Waals surface area contributed by atoms with Crippen molar-refractivity contribution in [3.63, 3.8) is 0 Å². The van der Waals surface area contributed by atoms with Crippen molar-refractivity contribution in [2.45, 2.75) is 63.1 Å². The lowest BCUT2D eigenvalue weighted by atomic mass is 9.98. The first kappa shape index (κ1) is 24.8. The predicted octanol–water partition coefficient (Wildman–Crippen LogP) is 3.06. The molecular weight excluding hydrogens is 430 g/mol. The highest BCUT2D eigenvalue weighted by Gasteiger charge is 2.44. The Hall–Kier alpha value is -2.84. The Morgan fingerprint density at radius 3 is 2.36 bits per heavy atom. The van der Waals surface area contributed by atoms with E-state index in [4.69, 9.17) is 5.11 Å². The Labute approximate surface area is 192 Å². The Bertz CT molecular complexity index is 974. The predicted molar refractivity (Wildman–Crippen MR) is 120 cm³/mol. The molecular formula is C25H30F2N2O4. The van der Waals surface area contributed by atoms with Gasteiger partial charge in [0.25, 0.3) is 0 Å². The van der Waals surface area contributed by atoms with Crippen molar-refractivity contribution >= 4 is 11.9 Å². The minimum atomic E-state index is -1.11. The maximum atomic E-state index is 13.6. The molecule has 6 nitrogen and oxygen atoms in total. The molecule has 0 bridgehead atoms. The molecule has 178 valence electrons. The van der Waals surface area contributed by atoms with Crippen LogP contribution in [-0.4, -0.2) is 40.8 Å². The van der Waals surface area contributed by atoms with Crippen LogP contribution >= 0.6 is 0 Å². The maximum absolute atomic E-state index is 13.6. The average Bonchev–Trinajstić information content (AvgIpc) is 3.56. The highest BCUT2D eigenvalue weighted by molar-refractivity contribution is 5.80. The van der Waals surface area contributed by atoms with Gasteiger partial charge in [0, 0.05) is 24.6 Å². The zero-order valence-electron chi connectivity index (χ0n) is 18.6. The van der Waals surface area contributed by atoms with Crippen molar-refractivity contribution < 1.29 is 28.6 Å². The molecule has 2 atom stereocenters. The molecule has 0 aliphatic heterocycles. The number of benzene rings is 2. The van der Waals surface area contributed by atoms with E-state index in [0.29, 0.717) is 0 Å². The molecule has 0 spiro atoms. The summed E-state index contributed by atoms with van der Waals surface area (Å²) in [7, 11) is 0. The summed E-state index contributed by atoms with van der Waals surface area (Å²) >= 11 is 0. The van der Waals surface area contributed by atoms with Crippen molar-refractivity contribution in [1.29, 1.82) is 0 Å². The zero-order chi connectivity index (χ0) is 24.0. The summed E-state index contributed by atoms with van der Waals surface area (Å²) in [5.74, 6) is -3.15. The number of carboxylic acids is 1. The number of carbonyl (C=O) groups excluding carboxylic acids is 1. The average molecular weight is 461 g/mol.